The molecule has 5 rings (SSSR count). The van der Waals surface area contributed by atoms with Gasteiger partial charge in [0.15, 0.2) is 0 Å². The molecule has 0 saturated carbocycles. The predicted molar refractivity (Wildman–Crippen MR) is 106 cm³/mol. The van der Waals surface area contributed by atoms with Crippen LogP contribution in [0.2, 0.25) is 0 Å². The van der Waals surface area contributed by atoms with Gasteiger partial charge in [-0.3, -0.25) is 0 Å². The molecule has 0 saturated heterocycles. The molecule has 9 heteroatoms. The molecule has 4 aromatic heterocycles. The molecular weight excluding hydrogens is 410 g/mol. The summed E-state index contributed by atoms with van der Waals surface area (Å²) >= 11 is 3.41. The molecule has 0 amide bonds. The van der Waals surface area contributed by atoms with Gasteiger partial charge in [-0.15, -0.1) is 0 Å². The molecule has 1 aromatic carbocycles. The lowest BCUT2D eigenvalue weighted by molar-refractivity contribution is 0.431. The molecule has 0 aliphatic heterocycles. The summed E-state index contributed by atoms with van der Waals surface area (Å²) in [5.74, 6) is 1.99. The van der Waals surface area contributed by atoms with E-state index in [0.29, 0.717) is 17.6 Å². The zero-order chi connectivity index (χ0) is 18.4. The molecule has 0 unspecified atom stereocenters. The van der Waals surface area contributed by atoms with Gasteiger partial charge in [0.05, 0.1) is 28.4 Å². The summed E-state index contributed by atoms with van der Waals surface area (Å²) in [6, 6.07) is 11.4. The molecule has 0 atom stereocenters. The smallest absolute Gasteiger partial charge is 0.217 e. The number of aromatic amines is 2. The number of rotatable bonds is 4. The Morgan fingerprint density at radius 2 is 2.00 bits per heavy atom. The van der Waals surface area contributed by atoms with Crippen molar-refractivity contribution in [3.05, 3.63) is 53.4 Å². The minimum Gasteiger partial charge on any atom is -0.439 e. The molecular formula is C18H14BrN7O. The number of fused-ring (bicyclic) bond motifs is 2. The number of benzene rings is 1. The number of imidazole rings is 1. The van der Waals surface area contributed by atoms with E-state index in [-0.39, 0.29) is 0 Å². The Morgan fingerprint density at radius 3 is 2.85 bits per heavy atom. The zero-order valence-corrected chi connectivity index (χ0v) is 15.8. The number of aryl methyl sites for hydroxylation is 1. The van der Waals surface area contributed by atoms with Crippen LogP contribution in [0.4, 0.5) is 11.6 Å². The first-order valence-corrected chi connectivity index (χ1v) is 9.01. The van der Waals surface area contributed by atoms with Crippen molar-refractivity contribution in [2.24, 2.45) is 7.05 Å². The number of aromatic nitrogens is 6. The molecule has 3 N–H and O–H groups in total. The molecule has 8 nitrogen and oxygen atoms in total. The number of nitrogens with one attached hydrogen (secondary N) is 3. The first kappa shape index (κ1) is 15.9. The van der Waals surface area contributed by atoms with Gasteiger partial charge in [-0.05, 0) is 40.2 Å². The quantitative estimate of drug-likeness (QED) is 0.370. The number of halogens is 1. The third-order valence-corrected chi connectivity index (χ3v) is 4.64. The van der Waals surface area contributed by atoms with Gasteiger partial charge >= 0.3 is 0 Å². The number of ether oxygens (including phenoxy) is 1. The predicted octanol–water partition coefficient (Wildman–Crippen LogP) is 4.47. The van der Waals surface area contributed by atoms with Crippen molar-refractivity contribution >= 4 is 49.6 Å². The maximum absolute atomic E-state index is 5.85. The van der Waals surface area contributed by atoms with Crippen molar-refractivity contribution in [2.45, 2.75) is 0 Å². The number of anilines is 2. The van der Waals surface area contributed by atoms with E-state index in [1.165, 1.54) is 0 Å². The summed E-state index contributed by atoms with van der Waals surface area (Å²) in [5.41, 5.74) is 4.33. The van der Waals surface area contributed by atoms with Crippen molar-refractivity contribution in [3.8, 4) is 11.6 Å². The van der Waals surface area contributed by atoms with E-state index in [4.69, 9.17) is 4.74 Å². The maximum Gasteiger partial charge on any atom is 0.217 e. The van der Waals surface area contributed by atoms with Crippen LogP contribution in [0.1, 0.15) is 0 Å². The van der Waals surface area contributed by atoms with E-state index in [1.54, 1.807) is 10.9 Å². The summed E-state index contributed by atoms with van der Waals surface area (Å²) in [5, 5.41) is 7.38. The van der Waals surface area contributed by atoms with Gasteiger partial charge in [0.25, 0.3) is 0 Å². The van der Waals surface area contributed by atoms with Crippen LogP contribution in [-0.4, -0.2) is 29.7 Å². The molecule has 27 heavy (non-hydrogen) atoms. The van der Waals surface area contributed by atoms with E-state index in [1.807, 2.05) is 49.6 Å². The number of hydrogen-bond acceptors (Lipinski definition) is 5. The Kier molecular flexibility index (Phi) is 3.61. The second-order valence-electron chi connectivity index (χ2n) is 6.02. The molecule has 5 aromatic rings. The van der Waals surface area contributed by atoms with Gasteiger partial charge < -0.3 is 20.0 Å². The largest absolute Gasteiger partial charge is 0.439 e. The highest BCUT2D eigenvalue weighted by molar-refractivity contribution is 9.10. The van der Waals surface area contributed by atoms with Gasteiger partial charge in [0, 0.05) is 25.4 Å². The second kappa shape index (κ2) is 6.13. The Bertz CT molecular complexity index is 1270. The maximum atomic E-state index is 5.85. The Morgan fingerprint density at radius 1 is 1.11 bits per heavy atom. The summed E-state index contributed by atoms with van der Waals surface area (Å²) in [6.07, 6.45) is 3.56. The molecule has 0 aliphatic carbocycles. The first-order chi connectivity index (χ1) is 13.2. The van der Waals surface area contributed by atoms with Crippen LogP contribution >= 0.6 is 15.9 Å². The van der Waals surface area contributed by atoms with E-state index < -0.39 is 0 Å². The summed E-state index contributed by atoms with van der Waals surface area (Å²) < 4.78 is 8.30. The fourth-order valence-electron chi connectivity index (χ4n) is 2.89. The molecule has 0 bridgehead atoms. The van der Waals surface area contributed by atoms with Crippen molar-refractivity contribution in [1.29, 1.82) is 0 Å². The average Bonchev–Trinajstić information content (AvgIpc) is 3.35. The average molecular weight is 424 g/mol. The summed E-state index contributed by atoms with van der Waals surface area (Å²) in [7, 11) is 1.83. The van der Waals surface area contributed by atoms with Gasteiger partial charge in [-0.25, -0.2) is 14.6 Å². The lowest BCUT2D eigenvalue weighted by atomic mass is 10.3. The Balaban J connectivity index is 1.45. The van der Waals surface area contributed by atoms with Gasteiger partial charge in [-0.2, -0.15) is 5.10 Å². The Labute approximate surface area is 161 Å². The number of pyridine rings is 1. The molecule has 0 spiro atoms. The number of nitrogens with zero attached hydrogens (tertiary/aromatic N) is 4. The van der Waals surface area contributed by atoms with Crippen LogP contribution in [0, 0.1) is 0 Å². The van der Waals surface area contributed by atoms with Gasteiger partial charge in [0.2, 0.25) is 11.8 Å². The van der Waals surface area contributed by atoms with Crippen molar-refractivity contribution in [2.75, 3.05) is 5.32 Å². The topological polar surface area (TPSA) is 96.4 Å². The third-order valence-electron chi connectivity index (χ3n) is 4.19. The van der Waals surface area contributed by atoms with Gasteiger partial charge in [-0.1, -0.05) is 0 Å². The van der Waals surface area contributed by atoms with Crippen molar-refractivity contribution < 1.29 is 4.74 Å². The molecule has 4 heterocycles. The first-order valence-electron chi connectivity index (χ1n) is 8.22. The molecule has 0 aliphatic rings. The highest BCUT2D eigenvalue weighted by Crippen LogP contribution is 2.28. The SMILES string of the molecule is Cn1nccc1Oc1ccc2[nH]c(Nc3c[nH]c4ccc(Br)nc34)nc2c1. The minimum atomic E-state index is 0.630. The second-order valence-corrected chi connectivity index (χ2v) is 6.83. The third kappa shape index (κ3) is 2.91. The fraction of sp³-hybridized carbons (Fsp3) is 0.0556. The number of H-pyrrole nitrogens is 2. The lowest BCUT2D eigenvalue weighted by Gasteiger charge is -2.04. The highest BCUT2D eigenvalue weighted by Gasteiger charge is 2.10. The van der Waals surface area contributed by atoms with Gasteiger partial charge in [0.1, 0.15) is 15.9 Å². The van der Waals surface area contributed by atoms with E-state index in [0.717, 1.165) is 32.4 Å². The van der Waals surface area contributed by atoms with Crippen LogP contribution in [0.3, 0.4) is 0 Å². The van der Waals surface area contributed by atoms with E-state index in [2.05, 4.69) is 46.3 Å². The lowest BCUT2D eigenvalue weighted by Crippen LogP contribution is -1.94. The monoisotopic (exact) mass is 423 g/mol. The zero-order valence-electron chi connectivity index (χ0n) is 14.2. The summed E-state index contributed by atoms with van der Waals surface area (Å²) in [4.78, 5) is 15.6. The van der Waals surface area contributed by atoms with E-state index >= 15 is 0 Å². The normalized spacial score (nSPS) is 11.3. The minimum absolute atomic E-state index is 0.630. The van der Waals surface area contributed by atoms with Crippen LogP contribution in [0.5, 0.6) is 11.6 Å². The molecule has 134 valence electrons. The van der Waals surface area contributed by atoms with Crippen LogP contribution < -0.4 is 10.1 Å². The van der Waals surface area contributed by atoms with E-state index in [9.17, 15) is 0 Å². The highest BCUT2D eigenvalue weighted by atomic mass is 79.9. The molecule has 0 fully saturated rings. The fourth-order valence-corrected chi connectivity index (χ4v) is 3.20. The Hall–Kier alpha value is -3.33. The van der Waals surface area contributed by atoms with Crippen LogP contribution in [0.25, 0.3) is 22.1 Å². The van der Waals surface area contributed by atoms with Crippen molar-refractivity contribution in [3.63, 3.8) is 0 Å². The molecule has 0 radical (unpaired) electrons. The van der Waals surface area contributed by atoms with Crippen LogP contribution in [0.15, 0.2) is 53.4 Å². The van der Waals surface area contributed by atoms with Crippen molar-refractivity contribution in [1.82, 2.24) is 29.7 Å². The number of hydrogen-bond donors (Lipinski definition) is 3. The van der Waals surface area contributed by atoms with Crippen LogP contribution in [-0.2, 0) is 7.05 Å². The summed E-state index contributed by atoms with van der Waals surface area (Å²) in [6.45, 7) is 0. The standard InChI is InChI=1S/C18H14BrN7O/c1-26-16(6-7-21-26)27-10-2-3-11-13(8-10)23-18(22-11)24-14-9-20-12-4-5-15(19)25-17(12)14/h2-9,20H,1H3,(H2,22,23,24).